The van der Waals surface area contributed by atoms with E-state index in [2.05, 4.69) is 20.8 Å². The third kappa shape index (κ3) is 11.9. The molecule has 0 saturated heterocycles. The van der Waals surface area contributed by atoms with Crippen molar-refractivity contribution in [3.8, 4) is 0 Å². The molecule has 2 radical (unpaired) electrons. The summed E-state index contributed by atoms with van der Waals surface area (Å²) in [6.07, 6.45) is 14.8. The summed E-state index contributed by atoms with van der Waals surface area (Å²) >= 11 is 0. The average Bonchev–Trinajstić information content (AvgIpc) is 2.25. The molecule has 0 aromatic rings. The van der Waals surface area contributed by atoms with Crippen LogP contribution in [0.3, 0.4) is 0 Å². The topological polar surface area (TPSA) is 0 Å². The maximum Gasteiger partial charge on any atom is -0.0443 e. The second-order valence-corrected chi connectivity index (χ2v) is 4.86. The minimum atomic E-state index is 0.923. The van der Waals surface area contributed by atoms with Crippen LogP contribution >= 0.6 is 0 Å². The Hall–Kier alpha value is 0. The Kier molecular flexibility index (Phi) is 12.1. The molecule has 0 rings (SSSR count). The molecule has 15 heavy (non-hydrogen) atoms. The van der Waals surface area contributed by atoms with Gasteiger partial charge in [0.1, 0.15) is 0 Å². The molecule has 0 heterocycles. The maximum atomic E-state index is 3.89. The van der Waals surface area contributed by atoms with E-state index >= 15 is 0 Å². The van der Waals surface area contributed by atoms with E-state index in [0.29, 0.717) is 0 Å². The Labute approximate surface area is 97.8 Å². The molecule has 1 unspecified atom stereocenters. The molecule has 0 bridgehead atoms. The summed E-state index contributed by atoms with van der Waals surface area (Å²) in [5.74, 6) is 0.923. The molecule has 0 heteroatoms. The highest BCUT2D eigenvalue weighted by atomic mass is 14.1. The minimum absolute atomic E-state index is 0.923. The van der Waals surface area contributed by atoms with Gasteiger partial charge in [-0.1, -0.05) is 91.4 Å². The first-order valence-electron chi connectivity index (χ1n) is 6.89. The number of unbranched alkanes of at least 4 members (excludes halogenated alkanes) is 7. The Morgan fingerprint density at radius 3 is 1.73 bits per heavy atom. The second kappa shape index (κ2) is 12.1. The van der Waals surface area contributed by atoms with E-state index in [4.69, 9.17) is 0 Å². The lowest BCUT2D eigenvalue weighted by Gasteiger charge is -2.09. The van der Waals surface area contributed by atoms with Gasteiger partial charge in [0.2, 0.25) is 0 Å². The van der Waals surface area contributed by atoms with Crippen LogP contribution < -0.4 is 0 Å². The summed E-state index contributed by atoms with van der Waals surface area (Å²) in [7, 11) is 0. The van der Waals surface area contributed by atoms with Gasteiger partial charge >= 0.3 is 0 Å². The molecule has 0 aromatic heterocycles. The van der Waals surface area contributed by atoms with Gasteiger partial charge < -0.3 is 0 Å². The van der Waals surface area contributed by atoms with Crippen LogP contribution in [-0.4, -0.2) is 0 Å². The Morgan fingerprint density at radius 1 is 0.667 bits per heavy atom. The highest BCUT2D eigenvalue weighted by Crippen LogP contribution is 2.16. The predicted octanol–water partition coefficient (Wildman–Crippen LogP) is 5.58. The van der Waals surface area contributed by atoms with Crippen molar-refractivity contribution in [3.63, 3.8) is 0 Å². The molecule has 0 fully saturated rings. The van der Waals surface area contributed by atoms with Gasteiger partial charge in [-0.05, 0) is 5.92 Å². The summed E-state index contributed by atoms with van der Waals surface area (Å²) in [5, 5.41) is 0. The van der Waals surface area contributed by atoms with E-state index in [1.165, 1.54) is 57.8 Å². The van der Waals surface area contributed by atoms with Crippen LogP contribution in [-0.2, 0) is 0 Å². The number of hydrogen-bond acceptors (Lipinski definition) is 0. The van der Waals surface area contributed by atoms with Gasteiger partial charge in [0.25, 0.3) is 0 Å². The number of hydrogen-bond donors (Lipinski definition) is 0. The molecule has 0 spiro atoms. The fourth-order valence-electron chi connectivity index (χ4n) is 2.01. The standard InChI is InChI=1S/C15H30/c1-4-6-8-9-10-11-12-14-15(3)13-7-5-2/h15H,1-2,4-14H2,3H3. The zero-order valence-corrected chi connectivity index (χ0v) is 10.8. The number of rotatable bonds is 11. The maximum absolute atomic E-state index is 3.89. The van der Waals surface area contributed by atoms with Gasteiger partial charge in [-0.15, -0.1) is 0 Å². The van der Waals surface area contributed by atoms with E-state index in [-0.39, 0.29) is 0 Å². The highest BCUT2D eigenvalue weighted by molar-refractivity contribution is 4.55. The highest BCUT2D eigenvalue weighted by Gasteiger charge is 2.00. The summed E-state index contributed by atoms with van der Waals surface area (Å²) in [6.45, 7) is 10.1. The lowest BCUT2D eigenvalue weighted by Crippen LogP contribution is -1.94. The minimum Gasteiger partial charge on any atom is -0.0625 e. The largest absolute Gasteiger partial charge is 0.0625 e. The first-order valence-corrected chi connectivity index (χ1v) is 6.89. The molecule has 1 atom stereocenters. The third-order valence-corrected chi connectivity index (χ3v) is 3.14. The van der Waals surface area contributed by atoms with Crippen LogP contribution in [0.1, 0.15) is 77.6 Å². The van der Waals surface area contributed by atoms with Gasteiger partial charge in [0.15, 0.2) is 0 Å². The molecule has 0 amide bonds. The van der Waals surface area contributed by atoms with E-state index in [1.54, 1.807) is 0 Å². The summed E-state index contributed by atoms with van der Waals surface area (Å²) in [5.41, 5.74) is 0. The molecule has 0 aliphatic carbocycles. The van der Waals surface area contributed by atoms with Crippen molar-refractivity contribution in [3.05, 3.63) is 13.8 Å². The molecular weight excluding hydrogens is 180 g/mol. The molecule has 90 valence electrons. The van der Waals surface area contributed by atoms with Crippen molar-refractivity contribution in [1.29, 1.82) is 0 Å². The van der Waals surface area contributed by atoms with Crippen LogP contribution in [0.2, 0.25) is 0 Å². The van der Waals surface area contributed by atoms with Crippen molar-refractivity contribution in [2.75, 3.05) is 0 Å². The van der Waals surface area contributed by atoms with Crippen molar-refractivity contribution in [2.45, 2.75) is 77.6 Å². The van der Waals surface area contributed by atoms with E-state index in [1.807, 2.05) is 0 Å². The van der Waals surface area contributed by atoms with Crippen LogP contribution in [0, 0.1) is 19.8 Å². The zero-order chi connectivity index (χ0) is 11.4. The first kappa shape index (κ1) is 15.0. The molecular formula is C15H30. The second-order valence-electron chi connectivity index (χ2n) is 4.86. The Bertz CT molecular complexity index is 107. The molecule has 0 aliphatic heterocycles. The normalized spacial score (nSPS) is 13.0. The fourth-order valence-corrected chi connectivity index (χ4v) is 2.01. The van der Waals surface area contributed by atoms with Crippen LogP contribution in [0.25, 0.3) is 0 Å². The van der Waals surface area contributed by atoms with Gasteiger partial charge in [0, 0.05) is 0 Å². The monoisotopic (exact) mass is 210 g/mol. The lowest BCUT2D eigenvalue weighted by molar-refractivity contribution is 0.445. The van der Waals surface area contributed by atoms with E-state index in [9.17, 15) is 0 Å². The summed E-state index contributed by atoms with van der Waals surface area (Å²) in [6, 6.07) is 0. The van der Waals surface area contributed by atoms with Crippen molar-refractivity contribution >= 4 is 0 Å². The van der Waals surface area contributed by atoms with Crippen LogP contribution in [0.4, 0.5) is 0 Å². The van der Waals surface area contributed by atoms with Gasteiger partial charge in [-0.25, -0.2) is 0 Å². The fraction of sp³-hybridized carbons (Fsp3) is 0.867. The quantitative estimate of drug-likeness (QED) is 0.390. The smallest absolute Gasteiger partial charge is 0.0443 e. The van der Waals surface area contributed by atoms with E-state index < -0.39 is 0 Å². The Balaban J connectivity index is 3.02. The molecule has 0 N–H and O–H groups in total. The molecule has 0 saturated carbocycles. The van der Waals surface area contributed by atoms with Crippen molar-refractivity contribution in [2.24, 2.45) is 5.92 Å². The van der Waals surface area contributed by atoms with Gasteiger partial charge in [-0.2, -0.15) is 0 Å². The van der Waals surface area contributed by atoms with Crippen LogP contribution in [0.15, 0.2) is 0 Å². The SMILES string of the molecule is [CH2]CCCCCCCCC(C)CCC[CH2]. The molecule has 0 aliphatic rings. The van der Waals surface area contributed by atoms with Crippen molar-refractivity contribution in [1.82, 2.24) is 0 Å². The summed E-state index contributed by atoms with van der Waals surface area (Å²) in [4.78, 5) is 0. The summed E-state index contributed by atoms with van der Waals surface area (Å²) < 4.78 is 0. The first-order chi connectivity index (χ1) is 7.31. The predicted molar refractivity (Wildman–Crippen MR) is 70.7 cm³/mol. The molecule has 0 aromatic carbocycles. The van der Waals surface area contributed by atoms with Gasteiger partial charge in [-0.3, -0.25) is 0 Å². The average molecular weight is 210 g/mol. The molecule has 0 nitrogen and oxygen atoms in total. The van der Waals surface area contributed by atoms with E-state index in [0.717, 1.165) is 18.8 Å². The zero-order valence-electron chi connectivity index (χ0n) is 10.8. The third-order valence-electron chi connectivity index (χ3n) is 3.14. The van der Waals surface area contributed by atoms with Crippen molar-refractivity contribution < 1.29 is 0 Å². The Morgan fingerprint density at radius 2 is 1.13 bits per heavy atom. The van der Waals surface area contributed by atoms with Gasteiger partial charge in [0.05, 0.1) is 0 Å². The lowest BCUT2D eigenvalue weighted by atomic mass is 9.97. The van der Waals surface area contributed by atoms with Crippen LogP contribution in [0.5, 0.6) is 0 Å².